The van der Waals surface area contributed by atoms with Crippen molar-refractivity contribution in [2.75, 3.05) is 23.5 Å². The van der Waals surface area contributed by atoms with Crippen LogP contribution in [0.1, 0.15) is 61.8 Å². The van der Waals surface area contributed by atoms with Crippen LogP contribution in [0.4, 0.5) is 34.1 Å². The molecular weight excluding hydrogens is 721 g/mol. The molecule has 59 heavy (non-hydrogen) atoms. The van der Waals surface area contributed by atoms with E-state index in [0.717, 1.165) is 74.3 Å². The number of ether oxygens (including phenoxy) is 2. The Balaban J connectivity index is 1.16. The molecule has 0 saturated carbocycles. The molecule has 0 spiro atoms. The average Bonchev–Trinajstić information content (AvgIpc) is 3.30. The van der Waals surface area contributed by atoms with Gasteiger partial charge in [0.1, 0.15) is 11.5 Å². The quantitative estimate of drug-likeness (QED) is 0.0811. The normalized spacial score (nSPS) is 11.8. The Kier molecular flexibility index (Phi) is 14.1. The molecule has 4 heteroatoms. The first kappa shape index (κ1) is 40.4. The topological polar surface area (TPSA) is 24.9 Å². The van der Waals surface area contributed by atoms with Gasteiger partial charge in [0.2, 0.25) is 0 Å². The molecule has 296 valence electrons. The number of nitrogens with zero attached hydrogens (tertiary/aromatic N) is 2. The molecule has 0 aliphatic heterocycles. The lowest BCUT2D eigenvalue weighted by Crippen LogP contribution is -2.12. The van der Waals surface area contributed by atoms with Crippen molar-refractivity contribution in [1.82, 2.24) is 0 Å². The number of para-hydroxylation sites is 4. The van der Waals surface area contributed by atoms with Crippen molar-refractivity contribution < 1.29 is 9.47 Å². The van der Waals surface area contributed by atoms with E-state index < -0.39 is 0 Å². The Hall–Kier alpha value is -6.78. The number of unbranched alkanes of at least 4 members (excludes halogenated alkanes) is 1. The predicted octanol–water partition coefficient (Wildman–Crippen LogP) is 15.6. The predicted molar refractivity (Wildman–Crippen MR) is 252 cm³/mol. The monoisotopic (exact) mass is 774 g/mol. The molecular formula is C55H54N2O2. The third kappa shape index (κ3) is 10.6. The SMILES string of the molecule is CCCCC(CC)COc1cc(/C=C/c2ccc(N(c3ccccc3)c3ccccc3)cc2)c(OC)cc1/C=C/c1ccc(N(c2ccccc2)c2ccccc2)cc1. The van der Waals surface area contributed by atoms with Crippen LogP contribution in [0.3, 0.4) is 0 Å². The second kappa shape index (κ2) is 20.6. The molecule has 0 saturated heterocycles. The van der Waals surface area contributed by atoms with Gasteiger partial charge in [-0.25, -0.2) is 0 Å². The van der Waals surface area contributed by atoms with Crippen molar-refractivity contribution in [2.45, 2.75) is 39.5 Å². The van der Waals surface area contributed by atoms with Crippen LogP contribution in [0, 0.1) is 5.92 Å². The van der Waals surface area contributed by atoms with Gasteiger partial charge in [-0.2, -0.15) is 0 Å². The second-order valence-corrected chi connectivity index (χ2v) is 14.7. The minimum absolute atomic E-state index is 0.502. The molecule has 7 aromatic carbocycles. The van der Waals surface area contributed by atoms with E-state index in [9.17, 15) is 0 Å². The Morgan fingerprint density at radius 3 is 1.20 bits per heavy atom. The Bertz CT molecular complexity index is 2300. The number of anilines is 6. The van der Waals surface area contributed by atoms with Crippen LogP contribution in [0.25, 0.3) is 24.3 Å². The van der Waals surface area contributed by atoms with E-state index in [1.807, 2.05) is 12.1 Å². The molecule has 7 rings (SSSR count). The van der Waals surface area contributed by atoms with Crippen LogP contribution in [0.5, 0.6) is 11.5 Å². The molecule has 1 atom stereocenters. The summed E-state index contributed by atoms with van der Waals surface area (Å²) < 4.78 is 12.7. The van der Waals surface area contributed by atoms with Gasteiger partial charge in [-0.3, -0.25) is 0 Å². The van der Waals surface area contributed by atoms with Gasteiger partial charge in [-0.1, -0.05) is 154 Å². The molecule has 0 aromatic heterocycles. The molecule has 0 fully saturated rings. The Morgan fingerprint density at radius 1 is 0.458 bits per heavy atom. The zero-order chi connectivity index (χ0) is 40.7. The van der Waals surface area contributed by atoms with E-state index in [2.05, 4.69) is 218 Å². The lowest BCUT2D eigenvalue weighted by molar-refractivity contribution is 0.232. The Labute approximate surface area is 351 Å². The van der Waals surface area contributed by atoms with E-state index in [1.54, 1.807) is 7.11 Å². The van der Waals surface area contributed by atoms with Gasteiger partial charge < -0.3 is 19.3 Å². The third-order valence-corrected chi connectivity index (χ3v) is 10.7. The molecule has 0 amide bonds. The van der Waals surface area contributed by atoms with Crippen molar-refractivity contribution in [2.24, 2.45) is 5.92 Å². The molecule has 0 N–H and O–H groups in total. The number of hydrogen-bond acceptors (Lipinski definition) is 4. The average molecular weight is 775 g/mol. The molecule has 0 aliphatic rings. The van der Waals surface area contributed by atoms with Gasteiger partial charge in [-0.15, -0.1) is 0 Å². The van der Waals surface area contributed by atoms with Gasteiger partial charge in [0.05, 0.1) is 13.7 Å². The highest BCUT2D eigenvalue weighted by Gasteiger charge is 2.15. The highest BCUT2D eigenvalue weighted by molar-refractivity contribution is 5.82. The van der Waals surface area contributed by atoms with Gasteiger partial charge in [0.25, 0.3) is 0 Å². The smallest absolute Gasteiger partial charge is 0.127 e. The zero-order valence-corrected chi connectivity index (χ0v) is 34.5. The summed E-state index contributed by atoms with van der Waals surface area (Å²) in [6, 6.07) is 63.5. The molecule has 4 nitrogen and oxygen atoms in total. The maximum atomic E-state index is 6.69. The molecule has 1 unspecified atom stereocenters. The summed E-state index contributed by atoms with van der Waals surface area (Å²) in [6.45, 7) is 5.19. The fourth-order valence-corrected chi connectivity index (χ4v) is 7.30. The second-order valence-electron chi connectivity index (χ2n) is 14.7. The summed E-state index contributed by atoms with van der Waals surface area (Å²) in [7, 11) is 1.74. The zero-order valence-electron chi connectivity index (χ0n) is 34.5. The lowest BCUT2D eigenvalue weighted by atomic mass is 10.0. The van der Waals surface area contributed by atoms with E-state index >= 15 is 0 Å². The van der Waals surface area contributed by atoms with Crippen molar-refractivity contribution in [3.63, 3.8) is 0 Å². The lowest BCUT2D eigenvalue weighted by Gasteiger charge is -2.25. The van der Waals surface area contributed by atoms with Crippen LogP contribution in [-0.2, 0) is 0 Å². The van der Waals surface area contributed by atoms with Crippen molar-refractivity contribution >= 4 is 58.4 Å². The maximum Gasteiger partial charge on any atom is 0.127 e. The summed E-state index contributed by atoms with van der Waals surface area (Å²) in [6.07, 6.45) is 13.2. The largest absolute Gasteiger partial charge is 0.496 e. The minimum Gasteiger partial charge on any atom is -0.496 e. The summed E-state index contributed by atoms with van der Waals surface area (Å²) >= 11 is 0. The fourth-order valence-electron chi connectivity index (χ4n) is 7.30. The molecule has 7 aromatic rings. The molecule has 0 aliphatic carbocycles. The molecule has 0 bridgehead atoms. The molecule has 0 radical (unpaired) electrons. The van der Waals surface area contributed by atoms with Crippen molar-refractivity contribution in [1.29, 1.82) is 0 Å². The van der Waals surface area contributed by atoms with Crippen LogP contribution in [0.2, 0.25) is 0 Å². The van der Waals surface area contributed by atoms with Crippen molar-refractivity contribution in [3.8, 4) is 11.5 Å². The van der Waals surface area contributed by atoms with Gasteiger partial charge in [-0.05, 0) is 108 Å². The standard InChI is InChI=1S/C55H54N2O2/c1-4-6-19-43(5-2)42-59-55-41-46(34-28-44-30-36-52(37-31-44)56(48-20-11-7-12-21-48)49-22-13-8-14-23-49)54(58-3)40-47(55)35-29-45-32-38-53(39-33-45)57(50-24-15-9-16-25-50)51-26-17-10-18-27-51/h7-18,20-41,43H,4-6,19,42H2,1-3H3/b34-28+,35-29+. The first-order valence-electron chi connectivity index (χ1n) is 20.8. The van der Waals surface area contributed by atoms with E-state index in [1.165, 1.54) is 19.3 Å². The number of rotatable bonds is 18. The number of benzene rings is 7. The van der Waals surface area contributed by atoms with E-state index in [-0.39, 0.29) is 0 Å². The maximum absolute atomic E-state index is 6.69. The minimum atomic E-state index is 0.502. The summed E-state index contributed by atoms with van der Waals surface area (Å²) in [5.41, 5.74) is 10.8. The fraction of sp³-hybridized carbons (Fsp3) is 0.164. The molecule has 0 heterocycles. The summed E-state index contributed by atoms with van der Waals surface area (Å²) in [4.78, 5) is 4.55. The van der Waals surface area contributed by atoms with Crippen molar-refractivity contribution in [3.05, 3.63) is 204 Å². The Morgan fingerprint density at radius 2 is 0.831 bits per heavy atom. The van der Waals surface area contributed by atoms with Crippen LogP contribution in [0.15, 0.2) is 182 Å². The van der Waals surface area contributed by atoms with Gasteiger partial charge >= 0.3 is 0 Å². The third-order valence-electron chi connectivity index (χ3n) is 10.7. The summed E-state index contributed by atoms with van der Waals surface area (Å²) in [5, 5.41) is 0. The van der Waals surface area contributed by atoms with Crippen LogP contribution >= 0.6 is 0 Å². The highest BCUT2D eigenvalue weighted by atomic mass is 16.5. The van der Waals surface area contributed by atoms with E-state index in [0.29, 0.717) is 12.5 Å². The summed E-state index contributed by atoms with van der Waals surface area (Å²) in [5.74, 6) is 2.14. The first-order chi connectivity index (χ1) is 29.1. The number of hydrogen-bond donors (Lipinski definition) is 0. The van der Waals surface area contributed by atoms with Crippen LogP contribution < -0.4 is 19.3 Å². The number of methoxy groups -OCH3 is 1. The highest BCUT2D eigenvalue weighted by Crippen LogP contribution is 2.37. The van der Waals surface area contributed by atoms with Gasteiger partial charge in [0.15, 0.2) is 0 Å². The first-order valence-corrected chi connectivity index (χ1v) is 20.8. The van der Waals surface area contributed by atoms with Crippen LogP contribution in [-0.4, -0.2) is 13.7 Å². The van der Waals surface area contributed by atoms with Gasteiger partial charge in [0, 0.05) is 45.3 Å². The van der Waals surface area contributed by atoms with E-state index in [4.69, 9.17) is 9.47 Å².